The Morgan fingerprint density at radius 1 is 1.18 bits per heavy atom. The van der Waals surface area contributed by atoms with Gasteiger partial charge in [-0.3, -0.25) is 4.98 Å². The smallest absolute Gasteiger partial charge is 0.426 e. The zero-order valence-corrected chi connectivity index (χ0v) is 14.8. The molecule has 0 saturated carbocycles. The van der Waals surface area contributed by atoms with Crippen LogP contribution in [0.1, 0.15) is 12.8 Å². The highest BCUT2D eigenvalue weighted by Gasteiger charge is 2.60. The van der Waals surface area contributed by atoms with Crippen LogP contribution in [0.25, 0.3) is 0 Å². The lowest BCUT2D eigenvalue weighted by Gasteiger charge is -2.33. The molecular formula is C14H15F6N3O4S. The number of sulfonamides is 1. The molecule has 1 aliphatic rings. The van der Waals surface area contributed by atoms with Gasteiger partial charge in [0.1, 0.15) is 4.90 Å². The highest BCUT2D eigenvalue weighted by atomic mass is 32.2. The summed E-state index contributed by atoms with van der Waals surface area (Å²) in [5, 5.41) is 0. The second-order valence-corrected chi connectivity index (χ2v) is 7.63. The lowest BCUT2D eigenvalue weighted by molar-refractivity contribution is -0.308. The molecule has 7 nitrogen and oxygen atoms in total. The average molecular weight is 435 g/mol. The number of pyridine rings is 1. The Morgan fingerprint density at radius 3 is 2.21 bits per heavy atom. The van der Waals surface area contributed by atoms with E-state index in [0.29, 0.717) is 4.90 Å². The van der Waals surface area contributed by atoms with Crippen LogP contribution in [0.15, 0.2) is 29.4 Å². The van der Waals surface area contributed by atoms with Crippen LogP contribution in [0.2, 0.25) is 0 Å². The van der Waals surface area contributed by atoms with Crippen LogP contribution in [-0.2, 0) is 14.8 Å². The molecule has 1 saturated heterocycles. The summed E-state index contributed by atoms with van der Waals surface area (Å²) in [5.74, 6) is 0. The number of halogens is 6. The molecule has 0 bridgehead atoms. The van der Waals surface area contributed by atoms with Crippen LogP contribution >= 0.6 is 0 Å². The number of carbonyl (C=O) groups excluding carboxylic acids is 1. The van der Waals surface area contributed by atoms with Gasteiger partial charge in [0.25, 0.3) is 6.10 Å². The molecule has 1 fully saturated rings. The highest BCUT2D eigenvalue weighted by Crippen LogP contribution is 2.36. The van der Waals surface area contributed by atoms with Crippen molar-refractivity contribution in [3.63, 3.8) is 0 Å². The van der Waals surface area contributed by atoms with Gasteiger partial charge in [-0.05, 0) is 25.0 Å². The number of rotatable bonds is 4. The van der Waals surface area contributed by atoms with Gasteiger partial charge in [-0.15, -0.1) is 0 Å². The van der Waals surface area contributed by atoms with E-state index < -0.39 is 40.6 Å². The lowest BCUT2D eigenvalue weighted by Crippen LogP contribution is -2.51. The molecule has 0 aromatic carbocycles. The van der Waals surface area contributed by atoms with E-state index in [0.717, 1.165) is 6.20 Å². The summed E-state index contributed by atoms with van der Waals surface area (Å²) in [4.78, 5) is 15.9. The molecule has 1 aromatic heterocycles. The lowest BCUT2D eigenvalue weighted by atomic mass is 10.1. The molecule has 0 radical (unpaired) electrons. The molecule has 2 heterocycles. The van der Waals surface area contributed by atoms with Crippen molar-refractivity contribution >= 4 is 16.1 Å². The fraction of sp³-hybridized carbons (Fsp3) is 0.571. The van der Waals surface area contributed by atoms with E-state index in [2.05, 4.69) is 14.4 Å². The average Bonchev–Trinajstić information content (AvgIpc) is 2.58. The molecule has 0 unspecified atom stereocenters. The van der Waals surface area contributed by atoms with E-state index in [4.69, 9.17) is 0 Å². The summed E-state index contributed by atoms with van der Waals surface area (Å²) in [5.41, 5.74) is 0. The SMILES string of the molecule is O=C(OC(C(F)(F)F)C(F)(F)F)N1CCC(NS(=O)(=O)c2cccnc2)CC1. The Bertz CT molecular complexity index is 763. The van der Waals surface area contributed by atoms with Crippen molar-refractivity contribution in [1.82, 2.24) is 14.6 Å². The number of piperidine rings is 1. The minimum absolute atomic E-state index is 0.0166. The number of aromatic nitrogens is 1. The van der Waals surface area contributed by atoms with Gasteiger partial charge in [-0.25, -0.2) is 17.9 Å². The number of carbonyl (C=O) groups is 1. The van der Waals surface area contributed by atoms with E-state index in [1.165, 1.54) is 18.3 Å². The van der Waals surface area contributed by atoms with E-state index in [1.807, 2.05) is 0 Å². The van der Waals surface area contributed by atoms with Crippen LogP contribution in [0.5, 0.6) is 0 Å². The fourth-order valence-corrected chi connectivity index (χ4v) is 3.74. The minimum Gasteiger partial charge on any atom is -0.426 e. The van der Waals surface area contributed by atoms with Gasteiger partial charge in [0.15, 0.2) is 0 Å². The first-order chi connectivity index (χ1) is 12.8. The minimum atomic E-state index is -5.80. The fourth-order valence-electron chi connectivity index (χ4n) is 2.47. The maximum atomic E-state index is 12.5. The molecule has 1 aliphatic heterocycles. The Labute approximate surface area is 155 Å². The second kappa shape index (κ2) is 8.11. The number of ether oxygens (including phenoxy) is 1. The summed E-state index contributed by atoms with van der Waals surface area (Å²) < 4.78 is 105. The largest absolute Gasteiger partial charge is 0.434 e. The van der Waals surface area contributed by atoms with Gasteiger partial charge in [-0.1, -0.05) is 0 Å². The highest BCUT2D eigenvalue weighted by molar-refractivity contribution is 7.89. The summed E-state index contributed by atoms with van der Waals surface area (Å²) in [6.07, 6.45) is -15.1. The number of nitrogens with zero attached hydrogens (tertiary/aromatic N) is 2. The summed E-state index contributed by atoms with van der Waals surface area (Å²) in [7, 11) is -3.90. The molecule has 1 amide bonds. The van der Waals surface area contributed by atoms with Crippen LogP contribution in [0.4, 0.5) is 31.1 Å². The topological polar surface area (TPSA) is 88.6 Å². The van der Waals surface area contributed by atoms with Crippen LogP contribution in [0, 0.1) is 0 Å². The predicted molar refractivity (Wildman–Crippen MR) is 81.5 cm³/mol. The van der Waals surface area contributed by atoms with Gasteiger partial charge >= 0.3 is 18.4 Å². The quantitative estimate of drug-likeness (QED) is 0.735. The molecule has 1 aromatic rings. The molecule has 158 valence electrons. The van der Waals surface area contributed by atoms with E-state index in [-0.39, 0.29) is 30.8 Å². The number of hydrogen-bond donors (Lipinski definition) is 1. The molecule has 0 aliphatic carbocycles. The van der Waals surface area contributed by atoms with Crippen molar-refractivity contribution < 1.29 is 44.3 Å². The van der Waals surface area contributed by atoms with Gasteiger partial charge in [0.05, 0.1) is 0 Å². The molecular weight excluding hydrogens is 420 g/mol. The first-order valence-electron chi connectivity index (χ1n) is 7.82. The van der Waals surface area contributed by atoms with Crippen molar-refractivity contribution in [3.05, 3.63) is 24.5 Å². The number of amides is 1. The van der Waals surface area contributed by atoms with Crippen LogP contribution < -0.4 is 4.72 Å². The van der Waals surface area contributed by atoms with E-state index >= 15 is 0 Å². The molecule has 2 rings (SSSR count). The number of nitrogens with one attached hydrogen (secondary N) is 1. The standard InChI is InChI=1S/C14H15F6N3O4S/c15-13(16,17)11(14(18,19)20)27-12(24)23-6-3-9(4-7-23)22-28(25,26)10-2-1-5-21-8-10/h1-2,5,8-9,11,22H,3-4,6-7H2. The molecule has 14 heteroatoms. The second-order valence-electron chi connectivity index (χ2n) is 5.92. The molecule has 1 N–H and O–H groups in total. The third kappa shape index (κ3) is 5.70. The number of alkyl halides is 6. The number of hydrogen-bond acceptors (Lipinski definition) is 5. The maximum Gasteiger partial charge on any atom is 0.434 e. The van der Waals surface area contributed by atoms with Crippen molar-refractivity contribution in [2.45, 2.75) is 42.2 Å². The first-order valence-corrected chi connectivity index (χ1v) is 9.30. The summed E-state index contributed by atoms with van der Waals surface area (Å²) >= 11 is 0. The molecule has 0 spiro atoms. The molecule has 0 atom stereocenters. The Balaban J connectivity index is 1.93. The van der Waals surface area contributed by atoms with Gasteiger partial charge in [0.2, 0.25) is 10.0 Å². The van der Waals surface area contributed by atoms with Crippen molar-refractivity contribution in [2.75, 3.05) is 13.1 Å². The van der Waals surface area contributed by atoms with Crippen LogP contribution in [0.3, 0.4) is 0 Å². The maximum absolute atomic E-state index is 12.5. The monoisotopic (exact) mass is 435 g/mol. The summed E-state index contributed by atoms with van der Waals surface area (Å²) in [6.45, 7) is -0.553. The summed E-state index contributed by atoms with van der Waals surface area (Å²) in [6, 6.07) is 2.05. The zero-order chi connectivity index (χ0) is 21.2. The van der Waals surface area contributed by atoms with Crippen molar-refractivity contribution in [2.24, 2.45) is 0 Å². The van der Waals surface area contributed by atoms with Crippen molar-refractivity contribution in [1.29, 1.82) is 0 Å². The number of likely N-dealkylation sites (tertiary alicyclic amines) is 1. The van der Waals surface area contributed by atoms with E-state index in [9.17, 15) is 39.6 Å². The van der Waals surface area contributed by atoms with E-state index in [1.54, 1.807) is 0 Å². The Kier molecular flexibility index (Phi) is 6.43. The first kappa shape index (κ1) is 22.2. The third-order valence-corrected chi connectivity index (χ3v) is 5.34. The Morgan fingerprint density at radius 2 is 1.75 bits per heavy atom. The normalized spacial score (nSPS) is 17.0. The third-order valence-electron chi connectivity index (χ3n) is 3.83. The molecule has 28 heavy (non-hydrogen) atoms. The van der Waals surface area contributed by atoms with Gasteiger partial charge in [-0.2, -0.15) is 26.3 Å². The van der Waals surface area contributed by atoms with Gasteiger partial charge in [0, 0.05) is 31.5 Å². The zero-order valence-electron chi connectivity index (χ0n) is 14.0. The predicted octanol–water partition coefficient (Wildman–Crippen LogP) is 2.45. The van der Waals surface area contributed by atoms with Crippen LogP contribution in [-0.4, -0.2) is 62.0 Å². The van der Waals surface area contributed by atoms with Crippen molar-refractivity contribution in [3.8, 4) is 0 Å². The van der Waals surface area contributed by atoms with Gasteiger partial charge < -0.3 is 9.64 Å². The Hall–Kier alpha value is -2.09.